The van der Waals surface area contributed by atoms with Crippen molar-refractivity contribution in [1.82, 2.24) is 0 Å². The highest BCUT2D eigenvalue weighted by molar-refractivity contribution is 9.10. The Morgan fingerprint density at radius 2 is 1.50 bits per heavy atom. The number of hydrogen-bond acceptors (Lipinski definition) is 7. The average Bonchev–Trinajstić information content (AvgIpc) is 3.44. The van der Waals surface area contributed by atoms with E-state index in [1.165, 1.54) is 30.3 Å². The van der Waals surface area contributed by atoms with Crippen LogP contribution in [0.25, 0.3) is 0 Å². The van der Waals surface area contributed by atoms with Gasteiger partial charge in [0.2, 0.25) is 29.0 Å². The van der Waals surface area contributed by atoms with Crippen molar-refractivity contribution in [2.75, 3.05) is 4.90 Å². The van der Waals surface area contributed by atoms with Crippen LogP contribution in [0.4, 0.5) is 11.4 Å². The zero-order chi connectivity index (χ0) is 25.4. The van der Waals surface area contributed by atoms with Gasteiger partial charge in [0.25, 0.3) is 5.69 Å². The van der Waals surface area contributed by atoms with Gasteiger partial charge in [0.1, 0.15) is 0 Å². The van der Waals surface area contributed by atoms with Gasteiger partial charge >= 0.3 is 0 Å². The standard InChI is InChI=1S/C26H15BrN2O7/c27-14-10-8-13(9-11-14)21-19-20(26(36-21)22(30)17-6-1-2-7-18(17)23(26)31)25(33)28(24(19)32)15-4-3-5-16(12-15)29(34)35/h1-12,19-21H/t19-,20+,21+/m1/s1. The summed E-state index contributed by atoms with van der Waals surface area (Å²) in [6.07, 6.45) is -1.06. The van der Waals surface area contributed by atoms with Crippen LogP contribution in [-0.4, -0.2) is 33.9 Å². The van der Waals surface area contributed by atoms with Gasteiger partial charge in [0, 0.05) is 27.7 Å². The van der Waals surface area contributed by atoms with Crippen LogP contribution in [0.15, 0.2) is 77.3 Å². The van der Waals surface area contributed by atoms with Gasteiger partial charge in [-0.05, 0) is 23.8 Å². The number of imide groups is 1. The van der Waals surface area contributed by atoms with Gasteiger partial charge in [0.05, 0.1) is 28.6 Å². The van der Waals surface area contributed by atoms with Crippen LogP contribution in [0.1, 0.15) is 32.4 Å². The molecule has 3 aliphatic rings. The maximum absolute atomic E-state index is 13.9. The summed E-state index contributed by atoms with van der Waals surface area (Å²) in [6, 6.07) is 18.2. The number of rotatable bonds is 3. The van der Waals surface area contributed by atoms with Gasteiger partial charge < -0.3 is 4.74 Å². The van der Waals surface area contributed by atoms with Crippen molar-refractivity contribution >= 4 is 50.7 Å². The summed E-state index contributed by atoms with van der Waals surface area (Å²) in [5, 5.41) is 11.3. The summed E-state index contributed by atoms with van der Waals surface area (Å²) in [7, 11) is 0. The predicted octanol–water partition coefficient (Wildman–Crippen LogP) is 4.05. The lowest BCUT2D eigenvalue weighted by Gasteiger charge is -2.27. The van der Waals surface area contributed by atoms with Gasteiger partial charge in [-0.3, -0.25) is 29.3 Å². The van der Waals surface area contributed by atoms with Crippen LogP contribution in [0.5, 0.6) is 0 Å². The quantitative estimate of drug-likeness (QED) is 0.210. The molecule has 3 atom stereocenters. The second-order valence-electron chi connectivity index (χ2n) is 8.82. The lowest BCUT2D eigenvalue weighted by atomic mass is 9.77. The Balaban J connectivity index is 1.54. The molecule has 3 aromatic rings. The number of ketones is 2. The third-order valence-electron chi connectivity index (χ3n) is 7.02. The Kier molecular flexibility index (Phi) is 4.83. The number of anilines is 1. The van der Waals surface area contributed by atoms with Crippen molar-refractivity contribution in [2.45, 2.75) is 11.7 Å². The fourth-order valence-corrected chi connectivity index (χ4v) is 5.74. The summed E-state index contributed by atoms with van der Waals surface area (Å²) >= 11 is 3.36. The second kappa shape index (κ2) is 7.74. The number of halogens is 1. The Bertz CT molecular complexity index is 1480. The van der Waals surface area contributed by atoms with Crippen LogP contribution in [-0.2, 0) is 14.3 Å². The molecule has 2 fully saturated rings. The number of carbonyl (C=O) groups is 4. The molecule has 36 heavy (non-hydrogen) atoms. The topological polar surface area (TPSA) is 124 Å². The smallest absolute Gasteiger partial charge is 0.271 e. The molecule has 1 spiro atoms. The number of nitrogens with zero attached hydrogens (tertiary/aromatic N) is 2. The van der Waals surface area contributed by atoms with E-state index < -0.39 is 51.8 Å². The molecule has 0 N–H and O–H groups in total. The molecule has 2 saturated heterocycles. The molecule has 0 aromatic heterocycles. The third kappa shape index (κ3) is 2.85. The molecule has 2 heterocycles. The van der Waals surface area contributed by atoms with Crippen LogP contribution in [0, 0.1) is 22.0 Å². The Morgan fingerprint density at radius 3 is 2.11 bits per heavy atom. The third-order valence-corrected chi connectivity index (χ3v) is 7.55. The number of non-ortho nitro benzene ring substituents is 1. The molecule has 0 bridgehead atoms. The first-order valence-electron chi connectivity index (χ1n) is 11.0. The van der Waals surface area contributed by atoms with Crippen molar-refractivity contribution in [1.29, 1.82) is 0 Å². The van der Waals surface area contributed by atoms with Gasteiger partial charge in [-0.1, -0.05) is 58.4 Å². The lowest BCUT2D eigenvalue weighted by molar-refractivity contribution is -0.384. The predicted molar refractivity (Wildman–Crippen MR) is 128 cm³/mol. The Morgan fingerprint density at radius 1 is 0.861 bits per heavy atom. The van der Waals surface area contributed by atoms with E-state index in [9.17, 15) is 29.3 Å². The zero-order valence-corrected chi connectivity index (χ0v) is 19.9. The van der Waals surface area contributed by atoms with E-state index in [2.05, 4.69) is 15.9 Å². The number of fused-ring (bicyclic) bond motifs is 3. The van der Waals surface area contributed by atoms with Crippen molar-refractivity contribution in [2.24, 2.45) is 11.8 Å². The summed E-state index contributed by atoms with van der Waals surface area (Å²) in [4.78, 5) is 66.6. The molecule has 9 nitrogen and oxygen atoms in total. The number of nitro groups is 1. The monoisotopic (exact) mass is 546 g/mol. The fourth-order valence-electron chi connectivity index (χ4n) is 5.47. The SMILES string of the molecule is O=C1[C@@H]2[C@@H](C(=O)N1c1cccc([N+](=O)[O-])c1)C1(O[C@H]2c2ccc(Br)cc2)C(=O)c2ccccc2C1=O. The molecule has 0 radical (unpaired) electrons. The number of carbonyl (C=O) groups excluding carboxylic acids is 4. The van der Waals surface area contributed by atoms with E-state index in [4.69, 9.17) is 4.74 Å². The van der Waals surface area contributed by atoms with Gasteiger partial charge in [-0.2, -0.15) is 0 Å². The summed E-state index contributed by atoms with van der Waals surface area (Å²) < 4.78 is 6.97. The molecule has 2 aliphatic heterocycles. The summed E-state index contributed by atoms with van der Waals surface area (Å²) in [5.74, 6) is -5.43. The maximum atomic E-state index is 13.9. The average molecular weight is 547 g/mol. The fraction of sp³-hybridized carbons (Fsp3) is 0.154. The van der Waals surface area contributed by atoms with Crippen molar-refractivity contribution < 1.29 is 28.8 Å². The number of amides is 2. The zero-order valence-electron chi connectivity index (χ0n) is 18.3. The van der Waals surface area contributed by atoms with Crippen molar-refractivity contribution in [3.63, 3.8) is 0 Å². The highest BCUT2D eigenvalue weighted by Gasteiger charge is 2.74. The molecule has 0 unspecified atom stereocenters. The van der Waals surface area contributed by atoms with Gasteiger partial charge in [-0.25, -0.2) is 4.90 Å². The van der Waals surface area contributed by atoms with E-state index in [1.54, 1.807) is 36.4 Å². The molecule has 1 aliphatic carbocycles. The molecule has 6 rings (SSSR count). The van der Waals surface area contributed by atoms with E-state index >= 15 is 0 Å². The minimum absolute atomic E-state index is 0.00582. The van der Waals surface area contributed by atoms with Crippen molar-refractivity contribution in [3.8, 4) is 0 Å². The minimum atomic E-state index is -2.20. The molecule has 3 aromatic carbocycles. The minimum Gasteiger partial charge on any atom is -0.349 e. The van der Waals surface area contributed by atoms with Crippen LogP contribution >= 0.6 is 15.9 Å². The molecule has 0 saturated carbocycles. The van der Waals surface area contributed by atoms with E-state index in [0.717, 1.165) is 15.4 Å². The molecule has 10 heteroatoms. The summed E-state index contributed by atoms with van der Waals surface area (Å²) in [6.45, 7) is 0. The Hall–Kier alpha value is -4.02. The normalized spacial score (nSPS) is 23.9. The molecule has 2 amide bonds. The summed E-state index contributed by atoms with van der Waals surface area (Å²) in [5.41, 5.74) is -1.73. The first-order valence-corrected chi connectivity index (χ1v) is 11.8. The van der Waals surface area contributed by atoms with E-state index in [0.29, 0.717) is 5.56 Å². The first-order chi connectivity index (χ1) is 17.3. The molecular weight excluding hydrogens is 532 g/mol. The van der Waals surface area contributed by atoms with E-state index in [-0.39, 0.29) is 22.5 Å². The number of nitro benzene ring substituents is 1. The lowest BCUT2D eigenvalue weighted by Crippen LogP contribution is -2.51. The highest BCUT2D eigenvalue weighted by Crippen LogP contribution is 2.57. The molecule has 178 valence electrons. The van der Waals surface area contributed by atoms with Crippen LogP contribution in [0.3, 0.4) is 0 Å². The van der Waals surface area contributed by atoms with E-state index in [1.807, 2.05) is 0 Å². The Labute approximate surface area is 211 Å². The number of Topliss-reactive ketones (excluding diaryl/α,β-unsaturated/α-hetero) is 2. The van der Waals surface area contributed by atoms with Crippen molar-refractivity contribution in [3.05, 3.63) is 104 Å². The number of benzene rings is 3. The van der Waals surface area contributed by atoms with Gasteiger partial charge in [0.15, 0.2) is 0 Å². The molecular formula is C26H15BrN2O7. The first kappa shape index (κ1) is 22.4. The number of ether oxygens (including phenoxy) is 1. The van der Waals surface area contributed by atoms with Crippen LogP contribution in [0.2, 0.25) is 0 Å². The van der Waals surface area contributed by atoms with Gasteiger partial charge in [-0.15, -0.1) is 0 Å². The highest BCUT2D eigenvalue weighted by atomic mass is 79.9. The second-order valence-corrected chi connectivity index (χ2v) is 9.74. The largest absolute Gasteiger partial charge is 0.349 e. The van der Waals surface area contributed by atoms with Crippen LogP contribution < -0.4 is 4.90 Å². The maximum Gasteiger partial charge on any atom is 0.271 e. The number of hydrogen-bond donors (Lipinski definition) is 0.